The van der Waals surface area contributed by atoms with Gasteiger partial charge in [-0.05, 0) is 55.3 Å². The molecule has 0 spiro atoms. The Morgan fingerprint density at radius 1 is 1.07 bits per heavy atom. The fourth-order valence-corrected chi connectivity index (χ4v) is 5.73. The summed E-state index contributed by atoms with van der Waals surface area (Å²) in [5.74, 6) is 0.254. The average molecular weight is 545 g/mol. The largest absolute Gasteiger partial charge is 0.459 e. The first-order valence-corrected chi connectivity index (χ1v) is 13.2. The number of anilines is 1. The van der Waals surface area contributed by atoms with Crippen molar-refractivity contribution in [1.29, 1.82) is 0 Å². The number of rotatable bonds is 5. The van der Waals surface area contributed by atoms with Crippen LogP contribution >= 0.6 is 0 Å². The third-order valence-electron chi connectivity index (χ3n) is 7.75. The number of carbonyl (C=O) groups is 1. The fraction of sp³-hybridized carbons (Fsp3) is 0.125. The molecule has 7 rings (SSSR count). The second-order valence-corrected chi connectivity index (χ2v) is 10.2. The fourth-order valence-electron chi connectivity index (χ4n) is 5.73. The van der Waals surface area contributed by atoms with Gasteiger partial charge in [-0.1, -0.05) is 36.4 Å². The van der Waals surface area contributed by atoms with Crippen molar-refractivity contribution in [1.82, 2.24) is 24.7 Å². The van der Waals surface area contributed by atoms with E-state index in [2.05, 4.69) is 21.0 Å². The maximum absolute atomic E-state index is 14.5. The maximum Gasteiger partial charge on any atom is 0.164 e. The minimum Gasteiger partial charge on any atom is -0.459 e. The van der Waals surface area contributed by atoms with Crippen LogP contribution in [-0.2, 0) is 4.79 Å². The van der Waals surface area contributed by atoms with Gasteiger partial charge in [-0.2, -0.15) is 5.10 Å². The van der Waals surface area contributed by atoms with E-state index in [1.165, 1.54) is 18.5 Å². The maximum atomic E-state index is 14.5. The van der Waals surface area contributed by atoms with Crippen molar-refractivity contribution in [3.8, 4) is 17.0 Å². The smallest absolute Gasteiger partial charge is 0.164 e. The molecule has 0 saturated heterocycles. The van der Waals surface area contributed by atoms with Gasteiger partial charge in [0.2, 0.25) is 0 Å². The van der Waals surface area contributed by atoms with Gasteiger partial charge < -0.3 is 20.2 Å². The molecule has 1 aliphatic rings. The van der Waals surface area contributed by atoms with Gasteiger partial charge in [0.15, 0.2) is 5.65 Å². The van der Waals surface area contributed by atoms with Crippen LogP contribution in [0.1, 0.15) is 35.6 Å². The average Bonchev–Trinajstić information content (AvgIpc) is 3.57. The van der Waals surface area contributed by atoms with E-state index in [9.17, 15) is 9.18 Å². The van der Waals surface area contributed by atoms with Crippen LogP contribution in [0.15, 0.2) is 85.0 Å². The van der Waals surface area contributed by atoms with Gasteiger partial charge in [-0.15, -0.1) is 0 Å². The molecule has 2 unspecified atom stereocenters. The van der Waals surface area contributed by atoms with Gasteiger partial charge in [0.05, 0.1) is 11.3 Å². The number of nitrogens with one attached hydrogen (secondary N) is 1. The third kappa shape index (κ3) is 3.88. The summed E-state index contributed by atoms with van der Waals surface area (Å²) in [6, 6.07) is 19.1. The van der Waals surface area contributed by atoms with Gasteiger partial charge >= 0.3 is 0 Å². The molecule has 9 heteroatoms. The highest BCUT2D eigenvalue weighted by atomic mass is 19.1. The van der Waals surface area contributed by atoms with Crippen LogP contribution in [0.5, 0.6) is 5.75 Å². The molecule has 3 aromatic carbocycles. The first-order chi connectivity index (χ1) is 19.9. The topological polar surface area (TPSA) is 112 Å². The molecule has 4 heterocycles. The molecule has 2 atom stereocenters. The number of H-pyrrole nitrogens is 1. The van der Waals surface area contributed by atoms with E-state index in [0.29, 0.717) is 50.8 Å². The summed E-state index contributed by atoms with van der Waals surface area (Å²) in [4.78, 5) is 24.7. The van der Waals surface area contributed by atoms with E-state index in [1.54, 1.807) is 16.8 Å². The van der Waals surface area contributed by atoms with Crippen molar-refractivity contribution in [3.63, 3.8) is 0 Å². The van der Waals surface area contributed by atoms with E-state index in [1.807, 2.05) is 56.4 Å². The Balaban J connectivity index is 1.47. The lowest BCUT2D eigenvalue weighted by atomic mass is 9.83. The molecule has 1 aliphatic heterocycles. The highest BCUT2D eigenvalue weighted by Gasteiger charge is 2.35. The molecule has 0 bridgehead atoms. The van der Waals surface area contributed by atoms with Crippen LogP contribution in [0.2, 0.25) is 0 Å². The Kier molecular flexibility index (Phi) is 5.67. The minimum atomic E-state index is -0.667. The number of fused-ring (bicyclic) bond motifs is 3. The Morgan fingerprint density at radius 2 is 1.93 bits per heavy atom. The number of hydrogen-bond acceptors (Lipinski definition) is 6. The van der Waals surface area contributed by atoms with E-state index >= 15 is 0 Å². The molecule has 3 aromatic heterocycles. The van der Waals surface area contributed by atoms with Crippen LogP contribution in [0.4, 0.5) is 10.2 Å². The summed E-state index contributed by atoms with van der Waals surface area (Å²) in [5, 5.41) is 6.70. The quantitative estimate of drug-likeness (QED) is 0.245. The number of halogens is 1. The molecular weight excluding hydrogens is 519 g/mol. The molecule has 0 amide bonds. The minimum absolute atomic E-state index is 0.300. The summed E-state index contributed by atoms with van der Waals surface area (Å²) >= 11 is 0. The number of aromatic amines is 1. The Morgan fingerprint density at radius 3 is 2.76 bits per heavy atom. The van der Waals surface area contributed by atoms with Gasteiger partial charge in [0.1, 0.15) is 47.5 Å². The lowest BCUT2D eigenvalue weighted by Gasteiger charge is -2.31. The highest BCUT2D eigenvalue weighted by Crippen LogP contribution is 2.46. The predicted molar refractivity (Wildman–Crippen MR) is 156 cm³/mol. The van der Waals surface area contributed by atoms with E-state index < -0.39 is 17.8 Å². The number of para-hydroxylation sites is 1. The molecule has 41 heavy (non-hydrogen) atoms. The monoisotopic (exact) mass is 544 g/mol. The zero-order valence-electron chi connectivity index (χ0n) is 22.3. The highest BCUT2D eigenvalue weighted by molar-refractivity contribution is 6.00. The third-order valence-corrected chi connectivity index (χ3v) is 7.75. The molecule has 8 nitrogen and oxygen atoms in total. The normalized spacial score (nSPS) is 15.6. The Bertz CT molecular complexity index is 2020. The number of nitrogens with two attached hydrogens (primary N) is 1. The van der Waals surface area contributed by atoms with Crippen LogP contribution < -0.4 is 10.5 Å². The molecule has 0 aliphatic carbocycles. The number of allylic oxidation sites excluding steroid dienone is 2. The molecule has 0 saturated carbocycles. The van der Waals surface area contributed by atoms with E-state index in [-0.39, 0.29) is 0 Å². The standard InChI is InChI=1S/C32H25FN6O2/c1-17-14-35-25-11-10-20(13-23(17)25)29-28-31(34)36-16-37-32(28)39(38-29)18(2)30-27(19-6-5-7-21(33)12-19)24(15-40)22-8-3-4-9-26(22)41-30/h3-16,18,24,35H,1-2H3,(H2,34,36,37). The number of nitrogen functional groups attached to an aromatic ring is 1. The van der Waals surface area contributed by atoms with Crippen LogP contribution in [0.25, 0.3) is 38.8 Å². The number of benzene rings is 3. The molecular formula is C32H25FN6O2. The zero-order chi connectivity index (χ0) is 28.2. The first kappa shape index (κ1) is 24.7. The SMILES string of the molecule is Cc1c[nH]c2ccc(-c3nn(C(C)C4=C(c5cccc(F)c5)C(C=O)c5ccccc5O4)c4ncnc(N)c34)cc12. The molecule has 6 aromatic rings. The number of aromatic nitrogens is 5. The number of aryl methyl sites for hydroxylation is 1. The number of carbonyl (C=O) groups excluding carboxylic acids is 1. The predicted octanol–water partition coefficient (Wildman–Crippen LogP) is 6.35. The van der Waals surface area contributed by atoms with Gasteiger partial charge in [-0.25, -0.2) is 19.0 Å². The van der Waals surface area contributed by atoms with Gasteiger partial charge in [-0.3, -0.25) is 0 Å². The summed E-state index contributed by atoms with van der Waals surface area (Å²) in [7, 11) is 0. The Hall–Kier alpha value is -5.31. The van der Waals surface area contributed by atoms with Gasteiger partial charge in [0.25, 0.3) is 0 Å². The van der Waals surface area contributed by atoms with E-state index in [4.69, 9.17) is 15.6 Å². The summed E-state index contributed by atoms with van der Waals surface area (Å²) in [5.41, 5.74) is 12.4. The summed E-state index contributed by atoms with van der Waals surface area (Å²) in [6.45, 7) is 3.96. The molecule has 202 valence electrons. The van der Waals surface area contributed by atoms with Crippen molar-refractivity contribution >= 4 is 39.6 Å². The molecule has 3 N–H and O–H groups in total. The van der Waals surface area contributed by atoms with Crippen LogP contribution in [-0.4, -0.2) is 31.0 Å². The van der Waals surface area contributed by atoms with Crippen molar-refractivity contribution in [3.05, 3.63) is 108 Å². The second-order valence-electron chi connectivity index (χ2n) is 10.2. The van der Waals surface area contributed by atoms with Crippen molar-refractivity contribution in [2.24, 2.45) is 0 Å². The van der Waals surface area contributed by atoms with Crippen LogP contribution in [0.3, 0.4) is 0 Å². The summed E-state index contributed by atoms with van der Waals surface area (Å²) in [6.07, 6.45) is 4.24. The van der Waals surface area contributed by atoms with Crippen LogP contribution in [0, 0.1) is 12.7 Å². The van der Waals surface area contributed by atoms with Gasteiger partial charge in [0, 0.05) is 33.8 Å². The molecule has 0 radical (unpaired) electrons. The number of ether oxygens (including phenoxy) is 1. The summed E-state index contributed by atoms with van der Waals surface area (Å²) < 4.78 is 22.7. The number of hydrogen-bond donors (Lipinski definition) is 2. The second kappa shape index (κ2) is 9.41. The Labute approximate surface area is 234 Å². The number of aldehydes is 1. The lowest BCUT2D eigenvalue weighted by molar-refractivity contribution is -0.108. The number of nitrogens with zero attached hydrogens (tertiary/aromatic N) is 4. The van der Waals surface area contributed by atoms with Crippen molar-refractivity contribution < 1.29 is 13.9 Å². The molecule has 0 fully saturated rings. The van der Waals surface area contributed by atoms with Crippen molar-refractivity contribution in [2.75, 3.05) is 5.73 Å². The lowest BCUT2D eigenvalue weighted by Crippen LogP contribution is -2.23. The first-order valence-electron chi connectivity index (χ1n) is 13.2. The van der Waals surface area contributed by atoms with E-state index in [0.717, 1.165) is 28.3 Å². The van der Waals surface area contributed by atoms with Crippen molar-refractivity contribution in [2.45, 2.75) is 25.8 Å². The zero-order valence-corrected chi connectivity index (χ0v) is 22.3.